The van der Waals surface area contributed by atoms with Gasteiger partial charge in [0.2, 0.25) is 0 Å². The molecule has 0 unspecified atom stereocenters. The van der Waals surface area contributed by atoms with Crippen molar-refractivity contribution in [2.45, 2.75) is 18.7 Å². The number of sulfone groups is 1. The summed E-state index contributed by atoms with van der Waals surface area (Å²) in [4.78, 5) is 0.335. The van der Waals surface area contributed by atoms with Gasteiger partial charge in [-0.05, 0) is 26.0 Å². The van der Waals surface area contributed by atoms with E-state index >= 15 is 0 Å². The quantitative estimate of drug-likeness (QED) is 0.819. The summed E-state index contributed by atoms with van der Waals surface area (Å²) in [5.41, 5.74) is 1.04. The first-order chi connectivity index (χ1) is 6.92. The Morgan fingerprint density at radius 2 is 1.87 bits per heavy atom. The molecule has 0 atom stereocenters. The van der Waals surface area contributed by atoms with Gasteiger partial charge in [0.25, 0.3) is 0 Å². The molecular weight excluding hydrogens is 232 g/mol. The molecule has 0 heterocycles. The molecule has 2 nitrogen and oxygen atoms in total. The molecule has 0 N–H and O–H groups in total. The van der Waals surface area contributed by atoms with Crippen molar-refractivity contribution in [1.82, 2.24) is 0 Å². The lowest BCUT2D eigenvalue weighted by atomic mass is 10.2. The van der Waals surface area contributed by atoms with Gasteiger partial charge in [-0.25, -0.2) is 8.42 Å². The first kappa shape index (κ1) is 12.3. The minimum absolute atomic E-state index is 0.0502. The zero-order chi connectivity index (χ0) is 11.5. The maximum absolute atomic E-state index is 11.7. The molecular formula is C11H13ClO2S. The molecule has 0 aliphatic rings. The summed E-state index contributed by atoms with van der Waals surface area (Å²) >= 11 is 5.59. The van der Waals surface area contributed by atoms with Crippen molar-refractivity contribution in [1.29, 1.82) is 0 Å². The first-order valence-corrected chi connectivity index (χ1v) is 6.56. The average Bonchev–Trinajstić information content (AvgIpc) is 2.16. The van der Waals surface area contributed by atoms with Crippen LogP contribution in [0.2, 0.25) is 0 Å². The van der Waals surface area contributed by atoms with Crippen molar-refractivity contribution in [3.05, 3.63) is 40.9 Å². The molecule has 0 amide bonds. The molecule has 0 aromatic heterocycles. The normalized spacial score (nSPS) is 12.9. The lowest BCUT2D eigenvalue weighted by Crippen LogP contribution is -2.04. The van der Waals surface area contributed by atoms with E-state index in [1.165, 1.54) is 6.08 Å². The third kappa shape index (κ3) is 3.68. The van der Waals surface area contributed by atoms with E-state index in [1.54, 1.807) is 31.2 Å². The maximum atomic E-state index is 11.7. The van der Waals surface area contributed by atoms with E-state index in [1.807, 2.05) is 6.92 Å². The Balaban J connectivity index is 2.97. The van der Waals surface area contributed by atoms with Crippen LogP contribution in [0.1, 0.15) is 12.5 Å². The van der Waals surface area contributed by atoms with Crippen LogP contribution in [0.5, 0.6) is 0 Å². The number of allylic oxidation sites excluding steroid dienone is 1. The van der Waals surface area contributed by atoms with Gasteiger partial charge < -0.3 is 0 Å². The van der Waals surface area contributed by atoms with E-state index in [-0.39, 0.29) is 5.75 Å². The molecule has 82 valence electrons. The largest absolute Gasteiger partial charge is 0.223 e. The Bertz CT molecular complexity index is 454. The number of hydrogen-bond acceptors (Lipinski definition) is 2. The highest BCUT2D eigenvalue weighted by molar-refractivity contribution is 7.91. The highest BCUT2D eigenvalue weighted by Gasteiger charge is 2.11. The molecule has 0 spiro atoms. The number of benzene rings is 1. The van der Waals surface area contributed by atoms with Crippen LogP contribution in [0.3, 0.4) is 0 Å². The Morgan fingerprint density at radius 3 is 2.33 bits per heavy atom. The van der Waals surface area contributed by atoms with Gasteiger partial charge >= 0.3 is 0 Å². The Hall–Kier alpha value is -0.800. The number of halogens is 1. The SMILES string of the molecule is C/C(Cl)=C\CS(=O)(=O)c1ccc(C)cc1. The van der Waals surface area contributed by atoms with Crippen molar-refractivity contribution in [2.24, 2.45) is 0 Å². The Labute approximate surface area is 95.5 Å². The van der Waals surface area contributed by atoms with Crippen molar-refractivity contribution in [2.75, 3.05) is 5.75 Å². The van der Waals surface area contributed by atoms with Crippen LogP contribution in [0.4, 0.5) is 0 Å². The van der Waals surface area contributed by atoms with Crippen molar-refractivity contribution >= 4 is 21.4 Å². The first-order valence-electron chi connectivity index (χ1n) is 4.53. The van der Waals surface area contributed by atoms with Crippen molar-refractivity contribution in [3.63, 3.8) is 0 Å². The van der Waals surface area contributed by atoms with E-state index in [2.05, 4.69) is 0 Å². The molecule has 0 bridgehead atoms. The second kappa shape index (κ2) is 4.81. The summed E-state index contributed by atoms with van der Waals surface area (Å²) in [6.07, 6.45) is 1.50. The van der Waals surface area contributed by atoms with Gasteiger partial charge in [-0.1, -0.05) is 35.4 Å². The Morgan fingerprint density at radius 1 is 1.33 bits per heavy atom. The Kier molecular flexibility index (Phi) is 3.94. The van der Waals surface area contributed by atoms with E-state index in [4.69, 9.17) is 11.6 Å². The van der Waals surface area contributed by atoms with Gasteiger partial charge in [0, 0.05) is 5.03 Å². The molecule has 0 fully saturated rings. The van der Waals surface area contributed by atoms with Crippen molar-refractivity contribution in [3.8, 4) is 0 Å². The minimum atomic E-state index is -3.23. The topological polar surface area (TPSA) is 34.1 Å². The third-order valence-electron chi connectivity index (χ3n) is 1.96. The number of rotatable bonds is 3. The fourth-order valence-electron chi connectivity index (χ4n) is 1.07. The highest BCUT2D eigenvalue weighted by Crippen LogP contribution is 2.13. The van der Waals surface area contributed by atoms with Gasteiger partial charge in [0.1, 0.15) is 0 Å². The molecule has 15 heavy (non-hydrogen) atoms. The van der Waals surface area contributed by atoms with Gasteiger partial charge in [-0.3, -0.25) is 0 Å². The third-order valence-corrected chi connectivity index (χ3v) is 3.71. The fraction of sp³-hybridized carbons (Fsp3) is 0.273. The molecule has 0 saturated carbocycles. The van der Waals surface area contributed by atoms with E-state index in [0.29, 0.717) is 9.93 Å². The summed E-state index contributed by atoms with van der Waals surface area (Å²) in [5, 5.41) is 0.491. The van der Waals surface area contributed by atoms with Crippen LogP contribution in [0.15, 0.2) is 40.3 Å². The van der Waals surface area contributed by atoms with Crippen LogP contribution >= 0.6 is 11.6 Å². The molecule has 1 rings (SSSR count). The molecule has 0 aliphatic heterocycles. The van der Waals surface area contributed by atoms with E-state index < -0.39 is 9.84 Å². The predicted octanol–water partition coefficient (Wildman–Crippen LogP) is 2.91. The molecule has 0 aliphatic carbocycles. The smallest absolute Gasteiger partial charge is 0.181 e. The van der Waals surface area contributed by atoms with E-state index in [9.17, 15) is 8.42 Å². The lowest BCUT2D eigenvalue weighted by molar-refractivity contribution is 0.599. The molecule has 4 heteroatoms. The van der Waals surface area contributed by atoms with Crippen LogP contribution in [-0.4, -0.2) is 14.2 Å². The lowest BCUT2D eigenvalue weighted by Gasteiger charge is -2.01. The monoisotopic (exact) mass is 244 g/mol. The fourth-order valence-corrected chi connectivity index (χ4v) is 2.45. The second-order valence-corrected chi connectivity index (χ2v) is 6.02. The minimum Gasteiger partial charge on any atom is -0.223 e. The van der Waals surface area contributed by atoms with Gasteiger partial charge in [0.05, 0.1) is 10.6 Å². The molecule has 1 aromatic carbocycles. The summed E-state index contributed by atoms with van der Waals surface area (Å²) in [6, 6.07) is 6.79. The maximum Gasteiger partial charge on any atom is 0.181 e. The molecule has 1 aromatic rings. The average molecular weight is 245 g/mol. The van der Waals surface area contributed by atoms with Crippen LogP contribution in [0.25, 0.3) is 0 Å². The van der Waals surface area contributed by atoms with Gasteiger partial charge in [0.15, 0.2) is 9.84 Å². The summed E-state index contributed by atoms with van der Waals surface area (Å²) in [7, 11) is -3.23. The summed E-state index contributed by atoms with van der Waals surface area (Å²) in [5.74, 6) is -0.0502. The number of aryl methyl sites for hydroxylation is 1. The number of hydrogen-bond donors (Lipinski definition) is 0. The second-order valence-electron chi connectivity index (χ2n) is 3.39. The summed E-state index contributed by atoms with van der Waals surface area (Å²) < 4.78 is 23.5. The van der Waals surface area contributed by atoms with Crippen LogP contribution in [-0.2, 0) is 9.84 Å². The summed E-state index contributed by atoms with van der Waals surface area (Å²) in [6.45, 7) is 3.57. The zero-order valence-electron chi connectivity index (χ0n) is 8.70. The zero-order valence-corrected chi connectivity index (χ0v) is 10.3. The van der Waals surface area contributed by atoms with E-state index in [0.717, 1.165) is 5.56 Å². The standard InChI is InChI=1S/C11H13ClO2S/c1-9-3-5-11(6-4-9)15(13,14)8-7-10(2)12/h3-7H,8H2,1-2H3/b10-7+. The van der Waals surface area contributed by atoms with Crippen LogP contribution < -0.4 is 0 Å². The van der Waals surface area contributed by atoms with Crippen LogP contribution in [0, 0.1) is 6.92 Å². The van der Waals surface area contributed by atoms with Gasteiger partial charge in [-0.2, -0.15) is 0 Å². The molecule has 0 saturated heterocycles. The molecule has 0 radical (unpaired) electrons. The predicted molar refractivity (Wildman–Crippen MR) is 62.8 cm³/mol. The van der Waals surface area contributed by atoms with Crippen molar-refractivity contribution < 1.29 is 8.42 Å². The highest BCUT2D eigenvalue weighted by atomic mass is 35.5. The van der Waals surface area contributed by atoms with Gasteiger partial charge in [-0.15, -0.1) is 0 Å².